The molecule has 100 valence electrons. The molecular formula is C15H14N4O. The number of nitrogens with one attached hydrogen (secondary N) is 2. The van der Waals surface area contributed by atoms with E-state index in [1.165, 1.54) is 6.20 Å². The number of rotatable bonds is 4. The second-order valence-corrected chi connectivity index (χ2v) is 4.54. The molecule has 0 spiro atoms. The molecule has 5 heteroatoms. The Morgan fingerprint density at radius 1 is 1.25 bits per heavy atom. The normalized spacial score (nSPS) is 10.6. The standard InChI is InChI=1S/C15H14N4O/c20-15(19-14-10-16-7-8-18-14)4-2-11-1-3-13-12(9-11)5-6-17-13/h1,3,5-10,17H,2,4H2,(H,18,19,20). The van der Waals surface area contributed by atoms with E-state index in [4.69, 9.17) is 0 Å². The minimum atomic E-state index is -0.0559. The average molecular weight is 266 g/mol. The fraction of sp³-hybridized carbons (Fsp3) is 0.133. The lowest BCUT2D eigenvalue weighted by molar-refractivity contribution is -0.116. The number of carbonyl (C=O) groups excluding carboxylic acids is 1. The third-order valence-corrected chi connectivity index (χ3v) is 3.09. The molecule has 0 aliphatic heterocycles. The number of fused-ring (bicyclic) bond motifs is 1. The molecule has 3 aromatic rings. The first kappa shape index (κ1) is 12.3. The quantitative estimate of drug-likeness (QED) is 0.762. The molecule has 2 aromatic heterocycles. The summed E-state index contributed by atoms with van der Waals surface area (Å²) < 4.78 is 0. The van der Waals surface area contributed by atoms with Crippen LogP contribution in [0.3, 0.4) is 0 Å². The van der Waals surface area contributed by atoms with Crippen molar-refractivity contribution in [3.8, 4) is 0 Å². The number of aryl methyl sites for hydroxylation is 1. The summed E-state index contributed by atoms with van der Waals surface area (Å²) in [6.45, 7) is 0. The van der Waals surface area contributed by atoms with Crippen LogP contribution in [-0.4, -0.2) is 20.9 Å². The number of aromatic nitrogens is 3. The molecule has 2 heterocycles. The number of hydrogen-bond donors (Lipinski definition) is 2. The van der Waals surface area contributed by atoms with Gasteiger partial charge in [-0.3, -0.25) is 9.78 Å². The van der Waals surface area contributed by atoms with E-state index < -0.39 is 0 Å². The van der Waals surface area contributed by atoms with Gasteiger partial charge in [-0.2, -0.15) is 0 Å². The van der Waals surface area contributed by atoms with Crippen molar-refractivity contribution in [1.82, 2.24) is 15.0 Å². The number of amides is 1. The average Bonchev–Trinajstić information content (AvgIpc) is 2.93. The van der Waals surface area contributed by atoms with Gasteiger partial charge in [0.15, 0.2) is 5.82 Å². The Morgan fingerprint density at radius 3 is 3.05 bits per heavy atom. The van der Waals surface area contributed by atoms with Crippen LogP contribution in [0.2, 0.25) is 0 Å². The van der Waals surface area contributed by atoms with Crippen LogP contribution >= 0.6 is 0 Å². The molecule has 0 saturated carbocycles. The van der Waals surface area contributed by atoms with E-state index in [9.17, 15) is 4.79 Å². The zero-order valence-corrected chi connectivity index (χ0v) is 10.8. The van der Waals surface area contributed by atoms with E-state index in [0.717, 1.165) is 16.5 Å². The van der Waals surface area contributed by atoms with Crippen LogP contribution in [0, 0.1) is 0 Å². The second-order valence-electron chi connectivity index (χ2n) is 4.54. The summed E-state index contributed by atoms with van der Waals surface area (Å²) in [6.07, 6.45) is 7.69. The van der Waals surface area contributed by atoms with Crippen molar-refractivity contribution in [2.24, 2.45) is 0 Å². The molecule has 0 bridgehead atoms. The van der Waals surface area contributed by atoms with Crippen LogP contribution in [0.4, 0.5) is 5.82 Å². The molecule has 2 N–H and O–H groups in total. The molecule has 0 aliphatic carbocycles. The third kappa shape index (κ3) is 2.83. The van der Waals surface area contributed by atoms with Gasteiger partial charge in [0.05, 0.1) is 6.20 Å². The van der Waals surface area contributed by atoms with E-state index in [1.54, 1.807) is 12.4 Å². The van der Waals surface area contributed by atoms with Crippen LogP contribution in [0.15, 0.2) is 49.1 Å². The second kappa shape index (κ2) is 5.52. The van der Waals surface area contributed by atoms with E-state index in [-0.39, 0.29) is 5.91 Å². The molecule has 20 heavy (non-hydrogen) atoms. The SMILES string of the molecule is O=C(CCc1ccc2[nH]ccc2c1)Nc1cnccn1. The summed E-state index contributed by atoms with van der Waals surface area (Å²) in [5, 5.41) is 3.89. The molecule has 5 nitrogen and oxygen atoms in total. The Labute approximate surface area is 116 Å². The van der Waals surface area contributed by atoms with Gasteiger partial charge in [0.25, 0.3) is 0 Å². The van der Waals surface area contributed by atoms with Gasteiger partial charge in [-0.25, -0.2) is 4.98 Å². The zero-order chi connectivity index (χ0) is 13.8. The van der Waals surface area contributed by atoms with Crippen LogP contribution in [0.5, 0.6) is 0 Å². The summed E-state index contributed by atoms with van der Waals surface area (Å²) in [4.78, 5) is 22.9. The summed E-state index contributed by atoms with van der Waals surface area (Å²) in [6, 6.07) is 8.19. The van der Waals surface area contributed by atoms with E-state index >= 15 is 0 Å². The van der Waals surface area contributed by atoms with Crippen molar-refractivity contribution in [3.05, 3.63) is 54.6 Å². The van der Waals surface area contributed by atoms with Crippen molar-refractivity contribution in [1.29, 1.82) is 0 Å². The third-order valence-electron chi connectivity index (χ3n) is 3.09. The number of aromatic amines is 1. The highest BCUT2D eigenvalue weighted by Crippen LogP contribution is 2.15. The van der Waals surface area contributed by atoms with Crippen molar-refractivity contribution >= 4 is 22.6 Å². The highest BCUT2D eigenvalue weighted by Gasteiger charge is 2.04. The largest absolute Gasteiger partial charge is 0.361 e. The molecule has 0 aliphatic rings. The van der Waals surface area contributed by atoms with Gasteiger partial charge < -0.3 is 10.3 Å². The minimum absolute atomic E-state index is 0.0559. The fourth-order valence-electron chi connectivity index (χ4n) is 2.09. The number of H-pyrrole nitrogens is 1. The Bertz CT molecular complexity index is 721. The lowest BCUT2D eigenvalue weighted by atomic mass is 10.1. The van der Waals surface area contributed by atoms with Crippen LogP contribution < -0.4 is 5.32 Å². The molecule has 1 aromatic carbocycles. The monoisotopic (exact) mass is 266 g/mol. The van der Waals surface area contributed by atoms with Crippen LogP contribution in [0.25, 0.3) is 10.9 Å². The highest BCUT2D eigenvalue weighted by atomic mass is 16.1. The Hall–Kier alpha value is -2.69. The Balaban J connectivity index is 1.59. The number of nitrogens with zero attached hydrogens (tertiary/aromatic N) is 2. The maximum Gasteiger partial charge on any atom is 0.225 e. The van der Waals surface area contributed by atoms with Gasteiger partial charge >= 0.3 is 0 Å². The van der Waals surface area contributed by atoms with Gasteiger partial charge in [0, 0.05) is 30.5 Å². The summed E-state index contributed by atoms with van der Waals surface area (Å²) in [5.74, 6) is 0.429. The molecule has 0 radical (unpaired) electrons. The minimum Gasteiger partial charge on any atom is -0.361 e. The van der Waals surface area contributed by atoms with E-state index in [0.29, 0.717) is 18.7 Å². The summed E-state index contributed by atoms with van der Waals surface area (Å²) in [7, 11) is 0. The molecule has 0 saturated heterocycles. The van der Waals surface area contributed by atoms with E-state index in [2.05, 4.69) is 26.3 Å². The summed E-state index contributed by atoms with van der Waals surface area (Å²) >= 11 is 0. The molecule has 0 unspecified atom stereocenters. The summed E-state index contributed by atoms with van der Waals surface area (Å²) in [5.41, 5.74) is 2.25. The van der Waals surface area contributed by atoms with Crippen LogP contribution in [-0.2, 0) is 11.2 Å². The van der Waals surface area contributed by atoms with Gasteiger partial charge in [0.2, 0.25) is 5.91 Å². The molecular weight excluding hydrogens is 252 g/mol. The first-order valence-corrected chi connectivity index (χ1v) is 6.43. The molecule has 3 rings (SSSR count). The van der Waals surface area contributed by atoms with Gasteiger partial charge in [-0.05, 0) is 35.6 Å². The van der Waals surface area contributed by atoms with Crippen molar-refractivity contribution in [2.45, 2.75) is 12.8 Å². The van der Waals surface area contributed by atoms with Gasteiger partial charge in [-0.15, -0.1) is 0 Å². The van der Waals surface area contributed by atoms with E-state index in [1.807, 2.05) is 24.4 Å². The molecule has 1 amide bonds. The highest BCUT2D eigenvalue weighted by molar-refractivity contribution is 5.89. The smallest absolute Gasteiger partial charge is 0.225 e. The number of hydrogen-bond acceptors (Lipinski definition) is 3. The van der Waals surface area contributed by atoms with Crippen molar-refractivity contribution in [3.63, 3.8) is 0 Å². The maximum atomic E-state index is 11.8. The first-order valence-electron chi connectivity index (χ1n) is 6.43. The van der Waals surface area contributed by atoms with Crippen molar-refractivity contribution < 1.29 is 4.79 Å². The first-order chi connectivity index (χ1) is 9.81. The lowest BCUT2D eigenvalue weighted by Gasteiger charge is -2.04. The molecule has 0 atom stereocenters. The zero-order valence-electron chi connectivity index (χ0n) is 10.8. The Morgan fingerprint density at radius 2 is 2.20 bits per heavy atom. The predicted molar refractivity (Wildman–Crippen MR) is 77.3 cm³/mol. The lowest BCUT2D eigenvalue weighted by Crippen LogP contribution is -2.13. The van der Waals surface area contributed by atoms with Crippen molar-refractivity contribution in [2.75, 3.05) is 5.32 Å². The number of carbonyl (C=O) groups is 1. The van der Waals surface area contributed by atoms with Crippen LogP contribution in [0.1, 0.15) is 12.0 Å². The predicted octanol–water partition coefficient (Wildman–Crippen LogP) is 2.53. The Kier molecular flexibility index (Phi) is 3.41. The maximum absolute atomic E-state index is 11.8. The van der Waals surface area contributed by atoms with Gasteiger partial charge in [0.1, 0.15) is 0 Å². The molecule has 0 fully saturated rings. The van der Waals surface area contributed by atoms with Gasteiger partial charge in [-0.1, -0.05) is 6.07 Å². The number of anilines is 1. The fourth-order valence-corrected chi connectivity index (χ4v) is 2.09. The number of benzene rings is 1. The topological polar surface area (TPSA) is 70.7 Å².